The lowest BCUT2D eigenvalue weighted by atomic mass is 9.97. The number of aromatic amines is 1. The highest BCUT2D eigenvalue weighted by molar-refractivity contribution is 5.84. The van der Waals surface area contributed by atoms with E-state index in [1.807, 2.05) is 39.0 Å². The van der Waals surface area contributed by atoms with Crippen LogP contribution in [0, 0.1) is 12.8 Å². The summed E-state index contributed by atoms with van der Waals surface area (Å²) in [5.41, 5.74) is 3.21. The zero-order valence-electron chi connectivity index (χ0n) is 9.41. The lowest BCUT2D eigenvalue weighted by molar-refractivity contribution is 0.127. The molecule has 1 heterocycles. The largest absolute Gasteiger partial charge is 0.388 e. The molecule has 0 bridgehead atoms. The fraction of sp³-hybridized carbons (Fsp3) is 0.385. The Hall–Kier alpha value is -1.28. The van der Waals surface area contributed by atoms with Crippen LogP contribution in [0.4, 0.5) is 0 Å². The number of fused-ring (bicyclic) bond motifs is 1. The summed E-state index contributed by atoms with van der Waals surface area (Å²) in [5.74, 6) is 0.239. The molecule has 80 valence electrons. The van der Waals surface area contributed by atoms with Crippen LogP contribution in [0.3, 0.4) is 0 Å². The summed E-state index contributed by atoms with van der Waals surface area (Å²) >= 11 is 0. The maximum absolute atomic E-state index is 10.1. The number of nitrogens with one attached hydrogen (secondary N) is 1. The van der Waals surface area contributed by atoms with E-state index < -0.39 is 0 Å². The Morgan fingerprint density at radius 3 is 2.53 bits per heavy atom. The molecule has 0 aliphatic rings. The highest BCUT2D eigenvalue weighted by Crippen LogP contribution is 2.31. The SMILES string of the molecule is Cc1[nH]c2ccccc2c1C(O)C(C)C. The Balaban J connectivity index is 2.63. The van der Waals surface area contributed by atoms with Crippen LogP contribution in [0.5, 0.6) is 0 Å². The van der Waals surface area contributed by atoms with Crippen LogP contribution >= 0.6 is 0 Å². The van der Waals surface area contributed by atoms with Crippen molar-refractivity contribution < 1.29 is 5.11 Å². The van der Waals surface area contributed by atoms with Crippen molar-refractivity contribution in [2.45, 2.75) is 26.9 Å². The molecule has 1 unspecified atom stereocenters. The molecule has 2 heteroatoms. The van der Waals surface area contributed by atoms with Gasteiger partial charge in [-0.15, -0.1) is 0 Å². The smallest absolute Gasteiger partial charge is 0.0836 e. The number of H-pyrrole nitrogens is 1. The minimum Gasteiger partial charge on any atom is -0.388 e. The van der Waals surface area contributed by atoms with Crippen LogP contribution in [0.25, 0.3) is 10.9 Å². The van der Waals surface area contributed by atoms with Crippen LogP contribution in [0.15, 0.2) is 24.3 Å². The molecule has 2 aromatic rings. The van der Waals surface area contributed by atoms with Gasteiger partial charge in [-0.2, -0.15) is 0 Å². The van der Waals surface area contributed by atoms with E-state index in [0.717, 1.165) is 22.2 Å². The monoisotopic (exact) mass is 203 g/mol. The van der Waals surface area contributed by atoms with Gasteiger partial charge >= 0.3 is 0 Å². The van der Waals surface area contributed by atoms with Gasteiger partial charge in [0.1, 0.15) is 0 Å². The number of benzene rings is 1. The van der Waals surface area contributed by atoms with Crippen molar-refractivity contribution in [3.63, 3.8) is 0 Å². The first-order chi connectivity index (χ1) is 7.11. The van der Waals surface area contributed by atoms with E-state index in [0.29, 0.717) is 0 Å². The van der Waals surface area contributed by atoms with E-state index in [4.69, 9.17) is 0 Å². The van der Waals surface area contributed by atoms with E-state index in [1.165, 1.54) is 0 Å². The van der Waals surface area contributed by atoms with E-state index >= 15 is 0 Å². The Kier molecular flexibility index (Phi) is 2.53. The number of aliphatic hydroxyl groups excluding tert-OH is 1. The van der Waals surface area contributed by atoms with Crippen LogP contribution in [-0.4, -0.2) is 10.1 Å². The standard InChI is InChI=1S/C13H17NO/c1-8(2)13(15)12-9(3)14-11-7-5-4-6-10(11)12/h4-8,13-15H,1-3H3. The summed E-state index contributed by atoms with van der Waals surface area (Å²) < 4.78 is 0. The van der Waals surface area contributed by atoms with Crippen molar-refractivity contribution in [2.24, 2.45) is 5.92 Å². The number of aromatic nitrogens is 1. The molecule has 2 N–H and O–H groups in total. The lowest BCUT2D eigenvalue weighted by Gasteiger charge is -2.14. The van der Waals surface area contributed by atoms with Crippen LogP contribution in [0.1, 0.15) is 31.2 Å². The van der Waals surface area contributed by atoms with Gasteiger partial charge in [0.15, 0.2) is 0 Å². The summed E-state index contributed by atoms with van der Waals surface area (Å²) in [4.78, 5) is 3.30. The molecule has 15 heavy (non-hydrogen) atoms. The van der Waals surface area contributed by atoms with Gasteiger partial charge in [-0.1, -0.05) is 32.0 Å². The molecule has 0 saturated heterocycles. The average Bonchev–Trinajstić information content (AvgIpc) is 2.52. The molecule has 0 spiro atoms. The summed E-state index contributed by atoms with van der Waals surface area (Å²) in [6.45, 7) is 6.08. The van der Waals surface area contributed by atoms with Gasteiger partial charge in [-0.3, -0.25) is 0 Å². The van der Waals surface area contributed by atoms with E-state index in [2.05, 4.69) is 11.1 Å². The molecular formula is C13H17NO. The summed E-state index contributed by atoms with van der Waals surface area (Å²) in [6.07, 6.45) is -0.388. The van der Waals surface area contributed by atoms with E-state index in [1.54, 1.807) is 0 Å². The van der Waals surface area contributed by atoms with Crippen molar-refractivity contribution in [1.29, 1.82) is 0 Å². The Bertz CT molecular complexity index is 470. The molecule has 1 atom stereocenters. The average molecular weight is 203 g/mol. The molecule has 1 aromatic carbocycles. The molecular weight excluding hydrogens is 186 g/mol. The number of aliphatic hydroxyl groups is 1. The molecule has 1 aromatic heterocycles. The van der Waals surface area contributed by atoms with Gasteiger partial charge in [0.2, 0.25) is 0 Å². The van der Waals surface area contributed by atoms with Crippen LogP contribution < -0.4 is 0 Å². The van der Waals surface area contributed by atoms with Crippen LogP contribution in [0.2, 0.25) is 0 Å². The van der Waals surface area contributed by atoms with E-state index in [9.17, 15) is 5.11 Å². The fourth-order valence-corrected chi connectivity index (χ4v) is 2.01. The summed E-state index contributed by atoms with van der Waals surface area (Å²) in [6, 6.07) is 8.11. The van der Waals surface area contributed by atoms with Crippen molar-refractivity contribution in [1.82, 2.24) is 4.98 Å². The Morgan fingerprint density at radius 2 is 1.87 bits per heavy atom. The van der Waals surface area contributed by atoms with Crippen molar-refractivity contribution in [2.75, 3.05) is 0 Å². The Labute approximate surface area is 89.9 Å². The predicted octanol–water partition coefficient (Wildman–Crippen LogP) is 3.17. The second-order valence-electron chi connectivity index (χ2n) is 4.40. The zero-order valence-corrected chi connectivity index (χ0v) is 9.41. The molecule has 0 radical (unpaired) electrons. The second-order valence-corrected chi connectivity index (χ2v) is 4.40. The number of hydrogen-bond acceptors (Lipinski definition) is 1. The molecule has 0 aliphatic carbocycles. The van der Waals surface area contributed by atoms with Gasteiger partial charge in [-0.25, -0.2) is 0 Å². The number of para-hydroxylation sites is 1. The van der Waals surface area contributed by atoms with Gasteiger partial charge < -0.3 is 10.1 Å². The molecule has 0 saturated carbocycles. The molecule has 0 amide bonds. The van der Waals surface area contributed by atoms with Gasteiger partial charge in [0, 0.05) is 22.2 Å². The van der Waals surface area contributed by atoms with Crippen LogP contribution in [-0.2, 0) is 0 Å². The molecule has 2 nitrogen and oxygen atoms in total. The highest BCUT2D eigenvalue weighted by Gasteiger charge is 2.18. The molecule has 0 fully saturated rings. The molecule has 2 rings (SSSR count). The van der Waals surface area contributed by atoms with Gasteiger partial charge in [0.25, 0.3) is 0 Å². The quantitative estimate of drug-likeness (QED) is 0.772. The van der Waals surface area contributed by atoms with Crippen molar-refractivity contribution >= 4 is 10.9 Å². The molecule has 0 aliphatic heterocycles. The zero-order chi connectivity index (χ0) is 11.0. The lowest BCUT2D eigenvalue weighted by Crippen LogP contribution is -2.06. The second kappa shape index (κ2) is 3.70. The van der Waals surface area contributed by atoms with Gasteiger partial charge in [0.05, 0.1) is 6.10 Å². The normalized spacial score (nSPS) is 13.7. The highest BCUT2D eigenvalue weighted by atomic mass is 16.3. The minimum absolute atomic E-state index is 0.239. The maximum Gasteiger partial charge on any atom is 0.0836 e. The third-order valence-electron chi connectivity index (χ3n) is 2.87. The van der Waals surface area contributed by atoms with Crippen molar-refractivity contribution in [3.05, 3.63) is 35.5 Å². The van der Waals surface area contributed by atoms with E-state index in [-0.39, 0.29) is 12.0 Å². The first-order valence-electron chi connectivity index (χ1n) is 5.36. The predicted molar refractivity (Wildman–Crippen MR) is 62.8 cm³/mol. The number of aryl methyl sites for hydroxylation is 1. The number of rotatable bonds is 2. The maximum atomic E-state index is 10.1. The number of hydrogen-bond donors (Lipinski definition) is 2. The van der Waals surface area contributed by atoms with Crippen molar-refractivity contribution in [3.8, 4) is 0 Å². The topological polar surface area (TPSA) is 36.0 Å². The minimum atomic E-state index is -0.388. The first kappa shape index (κ1) is 10.2. The summed E-state index contributed by atoms with van der Waals surface area (Å²) in [7, 11) is 0. The Morgan fingerprint density at radius 1 is 1.20 bits per heavy atom. The first-order valence-corrected chi connectivity index (χ1v) is 5.36. The van der Waals surface area contributed by atoms with Gasteiger partial charge in [-0.05, 0) is 18.9 Å². The third kappa shape index (κ3) is 1.65. The third-order valence-corrected chi connectivity index (χ3v) is 2.87. The summed E-state index contributed by atoms with van der Waals surface area (Å²) in [5, 5.41) is 11.3. The fourth-order valence-electron chi connectivity index (χ4n) is 2.01.